The number of primary amides is 1. The van der Waals surface area contributed by atoms with Crippen molar-refractivity contribution in [1.29, 1.82) is 5.41 Å². The quantitative estimate of drug-likeness (QED) is 0.388. The lowest BCUT2D eigenvalue weighted by molar-refractivity contribution is -0.146. The predicted octanol–water partition coefficient (Wildman–Crippen LogP) is 1.08. The highest BCUT2D eigenvalue weighted by Crippen LogP contribution is 2.40. The highest BCUT2D eigenvalue weighted by Gasteiger charge is 2.40. The number of allylic oxidation sites excluding steroid dienone is 2. The summed E-state index contributed by atoms with van der Waals surface area (Å²) in [5.74, 6) is -1.95. The topological polar surface area (TPSA) is 164 Å². The Balaban J connectivity index is 1.76. The Hall–Kier alpha value is -3.08. The molecule has 0 bridgehead atoms. The van der Waals surface area contributed by atoms with Gasteiger partial charge < -0.3 is 31.8 Å². The normalized spacial score (nSPS) is 23.4. The van der Waals surface area contributed by atoms with Gasteiger partial charge in [-0.25, -0.2) is 4.98 Å². The van der Waals surface area contributed by atoms with Crippen molar-refractivity contribution < 1.29 is 19.1 Å². The molecule has 1 aromatic heterocycles. The van der Waals surface area contributed by atoms with Crippen molar-refractivity contribution in [3.8, 4) is 5.88 Å². The van der Waals surface area contributed by atoms with Crippen LogP contribution in [-0.4, -0.2) is 58.8 Å². The fourth-order valence-electron chi connectivity index (χ4n) is 3.91. The summed E-state index contributed by atoms with van der Waals surface area (Å²) in [5, 5.41) is 10.0. The third kappa shape index (κ3) is 4.82. The number of nitrogens with zero attached hydrogens (tertiary/aromatic N) is 2. The Morgan fingerprint density at radius 3 is 2.74 bits per heavy atom. The minimum Gasteiger partial charge on any atom is -0.480 e. The molecule has 3 heterocycles. The number of nitrogens with two attached hydrogens (primary N) is 2. The second-order valence-corrected chi connectivity index (χ2v) is 8.98. The largest absolute Gasteiger partial charge is 0.480 e. The van der Waals surface area contributed by atoms with Gasteiger partial charge in [-0.2, -0.15) is 0 Å². The molecule has 0 saturated carbocycles. The molecule has 1 unspecified atom stereocenters. The smallest absolute Gasteiger partial charge is 0.313 e. The van der Waals surface area contributed by atoms with Crippen LogP contribution in [0, 0.1) is 11.3 Å². The molecule has 0 aromatic carbocycles. The van der Waals surface area contributed by atoms with Gasteiger partial charge in [0.2, 0.25) is 5.88 Å². The highest BCUT2D eigenvalue weighted by atomic mass is 32.2. The van der Waals surface area contributed by atoms with Gasteiger partial charge in [0.05, 0.1) is 19.0 Å². The lowest BCUT2D eigenvalue weighted by Crippen LogP contribution is -2.53. The number of carbonyl (C=O) groups excluding carboxylic acids is 3. The van der Waals surface area contributed by atoms with Crippen molar-refractivity contribution in [3.63, 3.8) is 0 Å². The SMILES string of the molecule is COc1ncc(NC(=O)C(=O)N2C[C@H](C)CC[C@H]2C2CC(N)=C(C=N)S2)cc1C(N)=O. The van der Waals surface area contributed by atoms with Gasteiger partial charge in [0.15, 0.2) is 0 Å². The van der Waals surface area contributed by atoms with Crippen LogP contribution < -0.4 is 21.5 Å². The van der Waals surface area contributed by atoms with Crippen LogP contribution in [0.4, 0.5) is 5.69 Å². The van der Waals surface area contributed by atoms with Gasteiger partial charge in [-0.3, -0.25) is 14.4 Å². The molecule has 3 rings (SSSR count). The van der Waals surface area contributed by atoms with Crippen molar-refractivity contribution in [2.24, 2.45) is 17.4 Å². The lowest BCUT2D eigenvalue weighted by atomic mass is 9.91. The molecular weight excluding hydrogens is 420 g/mol. The first-order valence-corrected chi connectivity index (χ1v) is 10.7. The van der Waals surface area contributed by atoms with Gasteiger partial charge in [0.1, 0.15) is 5.56 Å². The third-order valence-corrected chi connectivity index (χ3v) is 6.88. The summed E-state index contributed by atoms with van der Waals surface area (Å²) in [6, 6.07) is 1.16. The monoisotopic (exact) mass is 446 g/mol. The summed E-state index contributed by atoms with van der Waals surface area (Å²) >= 11 is 1.48. The number of amides is 3. The summed E-state index contributed by atoms with van der Waals surface area (Å²) in [7, 11) is 1.35. The van der Waals surface area contributed by atoms with E-state index in [-0.39, 0.29) is 34.3 Å². The summed E-state index contributed by atoms with van der Waals surface area (Å²) in [6.07, 6.45) is 4.80. The Kier molecular flexibility index (Phi) is 6.84. The Bertz CT molecular complexity index is 950. The maximum atomic E-state index is 13.1. The Morgan fingerprint density at radius 2 is 2.13 bits per heavy atom. The fraction of sp³-hybridized carbons (Fsp3) is 0.450. The zero-order chi connectivity index (χ0) is 22.7. The van der Waals surface area contributed by atoms with E-state index in [1.807, 2.05) is 6.92 Å². The zero-order valence-corrected chi connectivity index (χ0v) is 18.2. The van der Waals surface area contributed by atoms with Gasteiger partial charge >= 0.3 is 11.8 Å². The van der Waals surface area contributed by atoms with Gasteiger partial charge in [-0.05, 0) is 24.8 Å². The number of nitrogens with one attached hydrogen (secondary N) is 2. The van der Waals surface area contributed by atoms with Crippen molar-refractivity contribution in [1.82, 2.24) is 9.88 Å². The van der Waals surface area contributed by atoms with Crippen molar-refractivity contribution in [2.75, 3.05) is 19.0 Å². The molecule has 0 aliphatic carbocycles. The number of likely N-dealkylation sites (tertiary alicyclic amines) is 1. The Labute approximate surface area is 184 Å². The number of methoxy groups -OCH3 is 1. The fourth-order valence-corrected chi connectivity index (χ4v) is 5.24. The molecule has 11 heteroatoms. The molecule has 2 aliphatic heterocycles. The molecular formula is C20H26N6O4S. The van der Waals surface area contributed by atoms with Crippen LogP contribution >= 0.6 is 11.8 Å². The Morgan fingerprint density at radius 1 is 1.39 bits per heavy atom. The van der Waals surface area contributed by atoms with E-state index in [1.54, 1.807) is 4.90 Å². The second kappa shape index (κ2) is 9.38. The molecule has 10 nitrogen and oxygen atoms in total. The lowest BCUT2D eigenvalue weighted by Gasteiger charge is -2.41. The minimum absolute atomic E-state index is 0.000277. The zero-order valence-electron chi connectivity index (χ0n) is 17.4. The number of hydrogen-bond acceptors (Lipinski definition) is 8. The van der Waals surface area contributed by atoms with Crippen molar-refractivity contribution in [2.45, 2.75) is 37.5 Å². The van der Waals surface area contributed by atoms with Gasteiger partial charge in [0.25, 0.3) is 5.91 Å². The van der Waals surface area contributed by atoms with Crippen molar-refractivity contribution >= 4 is 41.4 Å². The molecule has 2 aliphatic rings. The van der Waals surface area contributed by atoms with E-state index in [2.05, 4.69) is 10.3 Å². The van der Waals surface area contributed by atoms with Crippen molar-refractivity contribution in [3.05, 3.63) is 28.4 Å². The van der Waals surface area contributed by atoms with Gasteiger partial charge in [-0.1, -0.05) is 6.92 Å². The number of thioether (sulfide) groups is 1. The number of hydrogen-bond donors (Lipinski definition) is 4. The van der Waals surface area contributed by atoms with E-state index in [0.29, 0.717) is 23.6 Å². The van der Waals surface area contributed by atoms with Gasteiger partial charge in [-0.15, -0.1) is 11.8 Å². The molecule has 0 spiro atoms. The van der Waals surface area contributed by atoms with E-state index in [1.165, 1.54) is 37.3 Å². The molecule has 31 heavy (non-hydrogen) atoms. The van der Waals surface area contributed by atoms with E-state index in [4.69, 9.17) is 21.6 Å². The van der Waals surface area contributed by atoms with Crippen LogP contribution in [0.5, 0.6) is 5.88 Å². The molecule has 0 radical (unpaired) electrons. The molecule has 1 saturated heterocycles. The van der Waals surface area contributed by atoms with Crippen LogP contribution in [0.2, 0.25) is 0 Å². The average molecular weight is 447 g/mol. The number of ether oxygens (including phenoxy) is 1. The summed E-state index contributed by atoms with van der Waals surface area (Å²) in [5.41, 5.74) is 12.2. The standard InChI is InChI=1S/C20H26N6O4S/c1-10-3-4-14(15-6-13(22)16(7-21)31-15)26(9-10)20(29)18(28)25-11-5-12(17(23)27)19(30-2)24-8-11/h5,7-8,10,14-15,21H,3-4,6,9,22H2,1-2H3,(H2,23,27)(H,25,28)/t10-,14+,15?/m1/s1. The van der Waals surface area contributed by atoms with E-state index >= 15 is 0 Å². The minimum atomic E-state index is -0.822. The number of rotatable bonds is 5. The van der Waals surface area contributed by atoms with Crippen LogP contribution in [-0.2, 0) is 9.59 Å². The number of carbonyl (C=O) groups is 3. The van der Waals surface area contributed by atoms with Gasteiger partial charge in [0, 0.05) is 41.1 Å². The maximum absolute atomic E-state index is 13.1. The molecule has 6 N–H and O–H groups in total. The highest BCUT2D eigenvalue weighted by molar-refractivity contribution is 8.04. The van der Waals surface area contributed by atoms with E-state index < -0.39 is 17.7 Å². The maximum Gasteiger partial charge on any atom is 0.313 e. The third-order valence-electron chi connectivity index (χ3n) is 5.46. The molecule has 3 atom stereocenters. The first-order chi connectivity index (χ1) is 14.7. The molecule has 1 fully saturated rings. The van der Waals surface area contributed by atoms with E-state index in [0.717, 1.165) is 12.8 Å². The number of anilines is 1. The van der Waals surface area contributed by atoms with Crippen LogP contribution in [0.15, 0.2) is 22.9 Å². The van der Waals surface area contributed by atoms with Crippen LogP contribution in [0.3, 0.4) is 0 Å². The number of aromatic nitrogens is 1. The molecule has 3 amide bonds. The first kappa shape index (κ1) is 22.6. The first-order valence-electron chi connectivity index (χ1n) is 9.86. The second-order valence-electron chi connectivity index (χ2n) is 7.70. The summed E-state index contributed by atoms with van der Waals surface area (Å²) < 4.78 is 4.99. The number of pyridine rings is 1. The van der Waals surface area contributed by atoms with Crippen LogP contribution in [0.25, 0.3) is 0 Å². The van der Waals surface area contributed by atoms with Crippen LogP contribution in [0.1, 0.15) is 36.5 Å². The molecule has 1 aromatic rings. The van der Waals surface area contributed by atoms with E-state index in [9.17, 15) is 14.4 Å². The average Bonchev–Trinajstić information content (AvgIpc) is 3.13. The molecule has 166 valence electrons. The summed E-state index contributed by atoms with van der Waals surface area (Å²) in [4.78, 5) is 43.7. The predicted molar refractivity (Wildman–Crippen MR) is 118 cm³/mol. The number of piperidine rings is 1. The summed E-state index contributed by atoms with van der Waals surface area (Å²) in [6.45, 7) is 2.50.